The van der Waals surface area contributed by atoms with Crippen LogP contribution in [0.15, 0.2) is 78.0 Å². The maximum atomic E-state index is 14.3. The van der Waals surface area contributed by atoms with Gasteiger partial charge in [-0.1, -0.05) is 59.8 Å². The Hall–Kier alpha value is -3.07. The summed E-state index contributed by atoms with van der Waals surface area (Å²) in [5.74, 6) is -0.0671. The lowest BCUT2D eigenvalue weighted by atomic mass is 10.1. The fourth-order valence-electron chi connectivity index (χ4n) is 5.43. The molecule has 1 N–H and O–H groups in total. The zero-order valence-corrected chi connectivity index (χ0v) is 22.5. The lowest BCUT2D eigenvalue weighted by Crippen LogP contribution is -2.53. The molecule has 38 heavy (non-hydrogen) atoms. The molecule has 2 saturated heterocycles. The van der Waals surface area contributed by atoms with Crippen molar-refractivity contribution >= 4 is 46.0 Å². The summed E-state index contributed by atoms with van der Waals surface area (Å²) in [6.07, 6.45) is 0.752. The first kappa shape index (κ1) is 25.2. The smallest absolute Gasteiger partial charge is 0.240 e. The van der Waals surface area contributed by atoms with E-state index >= 15 is 0 Å². The highest BCUT2D eigenvalue weighted by atomic mass is 35.5. The Balaban J connectivity index is 1.16. The van der Waals surface area contributed by atoms with Gasteiger partial charge in [0.15, 0.2) is 5.16 Å². The molecule has 6 rings (SSSR count). The molecule has 1 aromatic heterocycles. The van der Waals surface area contributed by atoms with Crippen molar-refractivity contribution in [1.29, 1.82) is 0 Å². The average molecular weight is 550 g/mol. The molecule has 6 nitrogen and oxygen atoms in total. The monoisotopic (exact) mass is 549 g/mol. The summed E-state index contributed by atoms with van der Waals surface area (Å²) in [6.45, 7) is 3.87. The number of piperazine rings is 1. The van der Waals surface area contributed by atoms with Gasteiger partial charge in [-0.2, -0.15) is 0 Å². The van der Waals surface area contributed by atoms with E-state index in [9.17, 15) is 9.18 Å². The molecule has 0 saturated carbocycles. The van der Waals surface area contributed by atoms with Crippen LogP contribution in [0, 0.1) is 5.82 Å². The number of aromatic amines is 1. The Morgan fingerprint density at radius 2 is 1.74 bits per heavy atom. The van der Waals surface area contributed by atoms with Crippen LogP contribution in [-0.4, -0.2) is 69.7 Å². The molecule has 0 aliphatic carbocycles. The number of rotatable bonds is 6. The summed E-state index contributed by atoms with van der Waals surface area (Å²) >= 11 is 7.82. The number of carbonyl (C=O) groups is 1. The number of benzene rings is 3. The molecular weight excluding hydrogens is 521 g/mol. The molecule has 3 aromatic carbocycles. The van der Waals surface area contributed by atoms with Crippen LogP contribution in [-0.2, 0) is 11.3 Å². The van der Waals surface area contributed by atoms with Crippen molar-refractivity contribution in [2.75, 3.05) is 37.6 Å². The van der Waals surface area contributed by atoms with Crippen LogP contribution in [0.4, 0.5) is 10.1 Å². The number of nitrogens with zero attached hydrogens (tertiary/aromatic N) is 4. The Bertz CT molecular complexity index is 1390. The lowest BCUT2D eigenvalue weighted by Gasteiger charge is -2.38. The minimum Gasteiger partial charge on any atom is -0.366 e. The van der Waals surface area contributed by atoms with E-state index < -0.39 is 0 Å². The Labute approximate surface area is 230 Å². The number of nitrogens with one attached hydrogen (secondary N) is 1. The van der Waals surface area contributed by atoms with Gasteiger partial charge in [-0.15, -0.1) is 0 Å². The number of fused-ring (bicyclic) bond motifs is 1. The van der Waals surface area contributed by atoms with Crippen molar-refractivity contribution in [2.45, 2.75) is 29.4 Å². The van der Waals surface area contributed by atoms with Crippen molar-refractivity contribution in [3.63, 3.8) is 0 Å². The molecule has 1 amide bonds. The second-order valence-electron chi connectivity index (χ2n) is 9.87. The zero-order chi connectivity index (χ0) is 26.1. The van der Waals surface area contributed by atoms with Gasteiger partial charge in [-0.25, -0.2) is 9.37 Å². The van der Waals surface area contributed by atoms with E-state index in [1.165, 1.54) is 6.07 Å². The van der Waals surface area contributed by atoms with Gasteiger partial charge < -0.3 is 14.8 Å². The number of H-pyrrole nitrogens is 1. The number of amides is 1. The minimum absolute atomic E-state index is 0.153. The van der Waals surface area contributed by atoms with E-state index in [4.69, 9.17) is 16.6 Å². The van der Waals surface area contributed by atoms with Gasteiger partial charge in [0.05, 0.1) is 22.8 Å². The first-order valence-electron chi connectivity index (χ1n) is 12.9. The normalized spacial score (nSPS) is 20.4. The Morgan fingerprint density at radius 3 is 2.50 bits per heavy atom. The molecule has 0 radical (unpaired) electrons. The number of carbonyl (C=O) groups excluding carboxylic acids is 1. The van der Waals surface area contributed by atoms with Gasteiger partial charge >= 0.3 is 0 Å². The van der Waals surface area contributed by atoms with E-state index in [1.807, 2.05) is 64.4 Å². The molecule has 2 aliphatic heterocycles. The number of hydrogen-bond acceptors (Lipinski definition) is 5. The molecule has 2 fully saturated rings. The summed E-state index contributed by atoms with van der Waals surface area (Å²) in [4.78, 5) is 28.3. The number of anilines is 1. The van der Waals surface area contributed by atoms with Gasteiger partial charge in [-0.3, -0.25) is 9.69 Å². The first-order chi connectivity index (χ1) is 18.5. The van der Waals surface area contributed by atoms with Crippen LogP contribution in [0.3, 0.4) is 0 Å². The van der Waals surface area contributed by atoms with Crippen LogP contribution in [0.2, 0.25) is 5.02 Å². The maximum Gasteiger partial charge on any atom is 0.240 e. The van der Waals surface area contributed by atoms with Gasteiger partial charge in [0.25, 0.3) is 0 Å². The molecule has 0 bridgehead atoms. The number of aromatic nitrogens is 2. The quantitative estimate of drug-likeness (QED) is 0.347. The molecule has 0 unspecified atom stereocenters. The highest BCUT2D eigenvalue weighted by Crippen LogP contribution is 2.34. The van der Waals surface area contributed by atoms with E-state index in [0.29, 0.717) is 43.4 Å². The summed E-state index contributed by atoms with van der Waals surface area (Å²) in [6, 6.07) is 22.5. The van der Waals surface area contributed by atoms with Gasteiger partial charge in [0, 0.05) is 49.5 Å². The van der Waals surface area contributed by atoms with E-state index in [0.717, 1.165) is 34.7 Å². The molecule has 4 aromatic rings. The summed E-state index contributed by atoms with van der Waals surface area (Å²) < 4.78 is 14.3. The highest BCUT2D eigenvalue weighted by Gasteiger charge is 2.40. The third-order valence-electron chi connectivity index (χ3n) is 7.38. The van der Waals surface area contributed by atoms with Crippen LogP contribution in [0.1, 0.15) is 12.0 Å². The summed E-state index contributed by atoms with van der Waals surface area (Å²) in [5, 5.41) is 1.82. The van der Waals surface area contributed by atoms with Crippen molar-refractivity contribution in [3.8, 4) is 0 Å². The van der Waals surface area contributed by atoms with Crippen molar-refractivity contribution in [3.05, 3.63) is 89.2 Å². The fourth-order valence-corrected chi connectivity index (χ4v) is 6.74. The molecule has 9 heteroatoms. The third kappa shape index (κ3) is 5.39. The highest BCUT2D eigenvalue weighted by molar-refractivity contribution is 7.99. The van der Waals surface area contributed by atoms with E-state index in [2.05, 4.69) is 9.88 Å². The topological polar surface area (TPSA) is 55.5 Å². The van der Waals surface area contributed by atoms with Crippen molar-refractivity contribution in [1.82, 2.24) is 19.8 Å². The van der Waals surface area contributed by atoms with Crippen LogP contribution in [0.5, 0.6) is 0 Å². The Kier molecular flexibility index (Phi) is 7.28. The standard InChI is InChI=1S/C29H29ClFN5OS/c30-21-11-9-20(10-12-21)18-36-19-22(38-29-32-24-6-2-3-7-25(24)33-29)17-27(36)28(37)35-15-13-34(14-16-35)26-8-4-1-5-23(26)31/h1-12,22,27H,13-19H2,(H,32,33)/t22-,27+/m1/s1. The number of thioether (sulfide) groups is 1. The van der Waals surface area contributed by atoms with Crippen LogP contribution in [0.25, 0.3) is 11.0 Å². The predicted molar refractivity (Wildman–Crippen MR) is 151 cm³/mol. The van der Waals surface area contributed by atoms with Crippen molar-refractivity contribution < 1.29 is 9.18 Å². The Morgan fingerprint density at radius 1 is 1.00 bits per heavy atom. The minimum atomic E-state index is -0.220. The molecule has 2 aliphatic rings. The van der Waals surface area contributed by atoms with Crippen LogP contribution < -0.4 is 4.90 Å². The fraction of sp³-hybridized carbons (Fsp3) is 0.310. The lowest BCUT2D eigenvalue weighted by molar-refractivity contribution is -0.136. The first-order valence-corrected chi connectivity index (χ1v) is 14.2. The molecular formula is C29H29ClFN5OS. The number of likely N-dealkylation sites (tertiary alicyclic amines) is 1. The number of para-hydroxylation sites is 3. The zero-order valence-electron chi connectivity index (χ0n) is 20.9. The van der Waals surface area contributed by atoms with Gasteiger partial charge in [-0.05, 0) is 48.4 Å². The SMILES string of the molecule is O=C([C@@H]1C[C@@H](Sc2nc3ccccc3[nH]2)CN1Cc1ccc(Cl)cc1)N1CCN(c2ccccc2F)CC1. The molecule has 0 spiro atoms. The molecule has 2 atom stereocenters. The number of imidazole rings is 1. The van der Waals surface area contributed by atoms with E-state index in [-0.39, 0.29) is 23.0 Å². The largest absolute Gasteiger partial charge is 0.366 e. The second-order valence-corrected chi connectivity index (χ2v) is 11.6. The third-order valence-corrected chi connectivity index (χ3v) is 8.72. The number of halogens is 2. The summed E-state index contributed by atoms with van der Waals surface area (Å²) in [5.41, 5.74) is 3.70. The maximum absolute atomic E-state index is 14.3. The van der Waals surface area contributed by atoms with Crippen LogP contribution >= 0.6 is 23.4 Å². The van der Waals surface area contributed by atoms with E-state index in [1.54, 1.807) is 23.9 Å². The molecule has 196 valence electrons. The average Bonchev–Trinajstić information content (AvgIpc) is 3.53. The van der Waals surface area contributed by atoms with Gasteiger partial charge in [0.2, 0.25) is 5.91 Å². The second kappa shape index (κ2) is 11.0. The predicted octanol–water partition coefficient (Wildman–Crippen LogP) is 5.44. The van der Waals surface area contributed by atoms with Crippen molar-refractivity contribution in [2.24, 2.45) is 0 Å². The summed E-state index contributed by atoms with van der Waals surface area (Å²) in [7, 11) is 0. The molecule has 3 heterocycles. The van der Waals surface area contributed by atoms with Gasteiger partial charge in [0.1, 0.15) is 5.82 Å². The number of hydrogen-bond donors (Lipinski definition) is 1.